The minimum atomic E-state index is -0.488. The summed E-state index contributed by atoms with van der Waals surface area (Å²) in [6.45, 7) is 2.12. The number of hydrogen-bond donors (Lipinski definition) is 0. The number of allylic oxidation sites excluding steroid dienone is 2. The van der Waals surface area contributed by atoms with Crippen LogP contribution in [-0.2, 0) is 6.42 Å². The lowest BCUT2D eigenvalue weighted by Crippen LogP contribution is -2.35. The predicted octanol–water partition coefficient (Wildman–Crippen LogP) is 6.91. The Morgan fingerprint density at radius 3 is 2.48 bits per heavy atom. The summed E-state index contributed by atoms with van der Waals surface area (Å²) in [5, 5.41) is 0. The largest absolute Gasteiger partial charge is 0.207 e. The summed E-state index contributed by atoms with van der Waals surface area (Å²) < 4.78 is 41.7. The molecule has 0 saturated heterocycles. The number of fused-ring (bicyclic) bond motifs is 3. The van der Waals surface area contributed by atoms with E-state index in [9.17, 15) is 13.2 Å². The van der Waals surface area contributed by atoms with Gasteiger partial charge in [0.1, 0.15) is 17.5 Å². The number of hydrogen-bond acceptors (Lipinski definition) is 0. The van der Waals surface area contributed by atoms with Crippen molar-refractivity contribution in [2.75, 3.05) is 0 Å². The van der Waals surface area contributed by atoms with Crippen molar-refractivity contribution < 1.29 is 13.2 Å². The Morgan fingerprint density at radius 2 is 1.74 bits per heavy atom. The van der Waals surface area contributed by atoms with E-state index in [0.717, 1.165) is 42.9 Å². The summed E-state index contributed by atoms with van der Waals surface area (Å²) in [7, 11) is 0. The molecule has 0 N–H and O–H groups in total. The van der Waals surface area contributed by atoms with E-state index in [-0.39, 0.29) is 17.7 Å². The molecule has 0 aliphatic heterocycles. The zero-order chi connectivity index (χ0) is 19.0. The highest BCUT2D eigenvalue weighted by molar-refractivity contribution is 5.38. The van der Waals surface area contributed by atoms with Crippen LogP contribution in [-0.4, -0.2) is 0 Å². The lowest BCUT2D eigenvalue weighted by molar-refractivity contribution is 0.193. The fraction of sp³-hybridized carbons (Fsp3) is 0.417. The molecule has 0 radical (unpaired) electrons. The molecule has 2 aliphatic rings. The van der Waals surface area contributed by atoms with Crippen molar-refractivity contribution in [2.24, 2.45) is 11.8 Å². The lowest BCUT2D eigenvalue weighted by Gasteiger charge is -2.46. The number of benzene rings is 2. The van der Waals surface area contributed by atoms with Crippen molar-refractivity contribution in [3.8, 4) is 0 Å². The van der Waals surface area contributed by atoms with Crippen molar-refractivity contribution in [2.45, 2.75) is 50.9 Å². The smallest absolute Gasteiger partial charge is 0.129 e. The third kappa shape index (κ3) is 3.44. The van der Waals surface area contributed by atoms with Crippen molar-refractivity contribution in [1.29, 1.82) is 0 Å². The Kier molecular flexibility index (Phi) is 5.12. The first-order valence-corrected chi connectivity index (χ1v) is 9.98. The highest BCUT2D eigenvalue weighted by Crippen LogP contribution is 2.54. The summed E-state index contributed by atoms with van der Waals surface area (Å²) >= 11 is 0. The molecule has 27 heavy (non-hydrogen) atoms. The van der Waals surface area contributed by atoms with E-state index in [1.165, 1.54) is 12.1 Å². The predicted molar refractivity (Wildman–Crippen MR) is 102 cm³/mol. The molecule has 0 unspecified atom stereocenters. The fourth-order valence-corrected chi connectivity index (χ4v) is 5.34. The van der Waals surface area contributed by atoms with Gasteiger partial charge in [-0.25, -0.2) is 13.2 Å². The van der Waals surface area contributed by atoms with Gasteiger partial charge in [0.05, 0.1) is 0 Å². The average molecular weight is 370 g/mol. The van der Waals surface area contributed by atoms with Crippen molar-refractivity contribution in [3.63, 3.8) is 0 Å². The van der Waals surface area contributed by atoms with E-state index in [2.05, 4.69) is 19.1 Å². The molecule has 0 nitrogen and oxygen atoms in total. The average Bonchev–Trinajstić information content (AvgIpc) is 2.66. The van der Waals surface area contributed by atoms with Gasteiger partial charge in [0.15, 0.2) is 0 Å². The third-order valence-electron chi connectivity index (χ3n) is 6.45. The van der Waals surface area contributed by atoms with E-state index in [1.54, 1.807) is 6.07 Å². The first-order chi connectivity index (χ1) is 13.1. The summed E-state index contributed by atoms with van der Waals surface area (Å²) in [4.78, 5) is 0. The van der Waals surface area contributed by atoms with Crippen molar-refractivity contribution in [3.05, 3.63) is 82.7 Å². The standard InChI is InChI=1S/C24H25F3/c1-2-3-4-15-7-10-19-21(24(15)16-5-8-17(25)9-6-16)12-11-20-22(19)13-18(26)14-23(20)27/h3-6,8-9,13-15,19,21,24H,2,7,10-12H2,1H3/b4-3+/t15-,19-,21+,24-/m1/s1. The summed E-state index contributed by atoms with van der Waals surface area (Å²) in [5.74, 6) is 0.00542. The van der Waals surface area contributed by atoms with E-state index in [1.807, 2.05) is 12.1 Å². The molecule has 1 saturated carbocycles. The van der Waals surface area contributed by atoms with Crippen molar-refractivity contribution in [1.82, 2.24) is 0 Å². The molecule has 0 aromatic heterocycles. The normalized spacial score (nSPS) is 27.4. The third-order valence-corrected chi connectivity index (χ3v) is 6.45. The van der Waals surface area contributed by atoms with Crippen LogP contribution in [0.1, 0.15) is 61.1 Å². The topological polar surface area (TPSA) is 0 Å². The molecule has 0 spiro atoms. The zero-order valence-corrected chi connectivity index (χ0v) is 15.6. The molecule has 2 aliphatic carbocycles. The molecule has 1 fully saturated rings. The molecule has 0 heterocycles. The lowest BCUT2D eigenvalue weighted by atomic mass is 9.58. The monoisotopic (exact) mass is 370 g/mol. The maximum atomic E-state index is 14.3. The van der Waals surface area contributed by atoms with Gasteiger partial charge >= 0.3 is 0 Å². The first kappa shape index (κ1) is 18.3. The van der Waals surface area contributed by atoms with Crippen LogP contribution in [0.4, 0.5) is 13.2 Å². The Bertz CT molecular complexity index is 837. The van der Waals surface area contributed by atoms with Crippen LogP contribution in [0.3, 0.4) is 0 Å². The molecule has 4 atom stereocenters. The highest BCUT2D eigenvalue weighted by atomic mass is 19.1. The van der Waals surface area contributed by atoms with Gasteiger partial charge in [-0.3, -0.25) is 0 Å². The summed E-state index contributed by atoms with van der Waals surface area (Å²) in [6.07, 6.45) is 8.95. The van der Waals surface area contributed by atoms with Crippen LogP contribution in [0.5, 0.6) is 0 Å². The second-order valence-electron chi connectivity index (χ2n) is 7.92. The Hall–Kier alpha value is -2.03. The Morgan fingerprint density at radius 1 is 0.963 bits per heavy atom. The van der Waals surface area contributed by atoms with Crippen LogP contribution >= 0.6 is 0 Å². The molecule has 4 rings (SSSR count). The van der Waals surface area contributed by atoms with Gasteiger partial charge in [0.2, 0.25) is 0 Å². The molecule has 3 heteroatoms. The second-order valence-corrected chi connectivity index (χ2v) is 7.92. The molecule has 2 aromatic carbocycles. The van der Waals surface area contributed by atoms with E-state index in [4.69, 9.17) is 0 Å². The van der Waals surface area contributed by atoms with Crippen LogP contribution in [0, 0.1) is 29.3 Å². The Labute approximate surface area is 159 Å². The van der Waals surface area contributed by atoms with Crippen LogP contribution in [0.15, 0.2) is 48.6 Å². The minimum Gasteiger partial charge on any atom is -0.207 e. The molecular weight excluding hydrogens is 345 g/mol. The van der Waals surface area contributed by atoms with Gasteiger partial charge < -0.3 is 0 Å². The fourth-order valence-electron chi connectivity index (χ4n) is 5.34. The SMILES string of the molecule is CC/C=C/[C@@H]1CC[C@H]2c3cc(F)cc(F)c3CC[C@@H]2[C@H]1c1ccc(F)cc1. The summed E-state index contributed by atoms with van der Waals surface area (Å²) in [5.41, 5.74) is 2.68. The van der Waals surface area contributed by atoms with Gasteiger partial charge in [-0.1, -0.05) is 31.2 Å². The van der Waals surface area contributed by atoms with Gasteiger partial charge in [-0.05, 0) is 90.7 Å². The molecule has 0 bridgehead atoms. The first-order valence-electron chi connectivity index (χ1n) is 9.98. The van der Waals surface area contributed by atoms with E-state index < -0.39 is 11.6 Å². The molecular formula is C24H25F3. The van der Waals surface area contributed by atoms with Crippen molar-refractivity contribution >= 4 is 0 Å². The van der Waals surface area contributed by atoms with Crippen LogP contribution < -0.4 is 0 Å². The maximum Gasteiger partial charge on any atom is 0.129 e. The summed E-state index contributed by atoms with van der Waals surface area (Å²) in [6, 6.07) is 9.37. The Balaban J connectivity index is 1.75. The zero-order valence-electron chi connectivity index (χ0n) is 15.6. The highest BCUT2D eigenvalue weighted by Gasteiger charge is 2.42. The molecule has 0 amide bonds. The minimum absolute atomic E-state index is 0.167. The van der Waals surface area contributed by atoms with Gasteiger partial charge in [0, 0.05) is 6.07 Å². The van der Waals surface area contributed by atoms with E-state index >= 15 is 0 Å². The second kappa shape index (κ2) is 7.53. The van der Waals surface area contributed by atoms with Gasteiger partial charge in [-0.2, -0.15) is 0 Å². The van der Waals surface area contributed by atoms with Crippen LogP contribution in [0.25, 0.3) is 0 Å². The number of halogens is 3. The molecule has 142 valence electrons. The molecule has 2 aromatic rings. The van der Waals surface area contributed by atoms with Gasteiger partial charge in [-0.15, -0.1) is 0 Å². The quantitative estimate of drug-likeness (QED) is 0.515. The van der Waals surface area contributed by atoms with Gasteiger partial charge in [0.25, 0.3) is 0 Å². The maximum absolute atomic E-state index is 14.3. The number of rotatable bonds is 3. The van der Waals surface area contributed by atoms with Crippen LogP contribution in [0.2, 0.25) is 0 Å². The van der Waals surface area contributed by atoms with E-state index in [0.29, 0.717) is 23.8 Å².